The summed E-state index contributed by atoms with van der Waals surface area (Å²) in [6, 6.07) is 7.66. The maximum Gasteiger partial charge on any atom is 0.329 e. The monoisotopic (exact) mass is 808 g/mol. The van der Waals surface area contributed by atoms with Crippen molar-refractivity contribution >= 4 is 45.7 Å². The molecule has 6 aromatic rings. The number of anilines is 1. The zero-order valence-corrected chi connectivity index (χ0v) is 33.1. The van der Waals surface area contributed by atoms with Crippen molar-refractivity contribution in [3.63, 3.8) is 0 Å². The van der Waals surface area contributed by atoms with Gasteiger partial charge in [0.2, 0.25) is 11.8 Å². The number of pyridine rings is 1. The van der Waals surface area contributed by atoms with E-state index in [1.165, 1.54) is 9.13 Å². The number of benzene rings is 1. The molecule has 0 radical (unpaired) electrons. The Kier molecular flexibility index (Phi) is 9.80. The number of likely N-dealkylation sites (tertiary alicyclic amines) is 1. The maximum absolute atomic E-state index is 16.0. The number of amides is 3. The lowest BCUT2D eigenvalue weighted by molar-refractivity contribution is -0.135. The first-order valence-electron chi connectivity index (χ1n) is 20.3. The highest BCUT2D eigenvalue weighted by Gasteiger charge is 2.46. The Balaban J connectivity index is 0.842. The first-order valence-corrected chi connectivity index (χ1v) is 20.3. The van der Waals surface area contributed by atoms with Crippen LogP contribution in [-0.4, -0.2) is 87.4 Å². The van der Waals surface area contributed by atoms with Crippen LogP contribution in [0.25, 0.3) is 22.3 Å². The topological polar surface area (TPSA) is 162 Å². The van der Waals surface area contributed by atoms with Crippen molar-refractivity contribution in [1.29, 1.82) is 0 Å². The van der Waals surface area contributed by atoms with Gasteiger partial charge in [0.1, 0.15) is 23.1 Å². The number of nitrogens with zero attached hydrogens (tertiary/aromatic N) is 8. The Morgan fingerprint density at radius 2 is 1.86 bits per heavy atom. The summed E-state index contributed by atoms with van der Waals surface area (Å²) >= 11 is 0. The highest BCUT2D eigenvalue weighted by molar-refractivity contribution is 6.07. The van der Waals surface area contributed by atoms with Crippen LogP contribution in [0, 0.1) is 5.92 Å². The number of aromatic nitrogens is 7. The molecular weight excluding hydrogens is 763 g/mol. The largest absolute Gasteiger partial charge is 0.490 e. The predicted octanol–water partition coefficient (Wildman–Crippen LogP) is 5.45. The van der Waals surface area contributed by atoms with Crippen molar-refractivity contribution in [3.8, 4) is 5.75 Å². The molecule has 3 fully saturated rings. The molecule has 3 aliphatic rings. The molecule has 2 aliphatic heterocycles. The van der Waals surface area contributed by atoms with Crippen LogP contribution in [0.4, 0.5) is 14.5 Å². The summed E-state index contributed by atoms with van der Waals surface area (Å²) < 4.78 is 44.3. The van der Waals surface area contributed by atoms with Gasteiger partial charge < -0.3 is 14.5 Å². The average Bonchev–Trinajstić information content (AvgIpc) is 3.88. The molecule has 17 heteroatoms. The lowest BCUT2D eigenvalue weighted by Gasteiger charge is -2.41. The summed E-state index contributed by atoms with van der Waals surface area (Å²) in [4.78, 5) is 62.3. The first kappa shape index (κ1) is 38.5. The van der Waals surface area contributed by atoms with E-state index in [-0.39, 0.29) is 55.6 Å². The van der Waals surface area contributed by atoms with Crippen LogP contribution in [0.1, 0.15) is 98.3 Å². The van der Waals surface area contributed by atoms with Gasteiger partial charge in [0.05, 0.1) is 47.1 Å². The van der Waals surface area contributed by atoms with Crippen molar-refractivity contribution < 1.29 is 27.9 Å². The lowest BCUT2D eigenvalue weighted by Crippen LogP contribution is -2.49. The van der Waals surface area contributed by atoms with E-state index in [9.17, 15) is 19.2 Å². The van der Waals surface area contributed by atoms with Gasteiger partial charge >= 0.3 is 5.69 Å². The van der Waals surface area contributed by atoms with Gasteiger partial charge in [-0.15, -0.1) is 0 Å². The van der Waals surface area contributed by atoms with Crippen LogP contribution in [-0.2, 0) is 16.6 Å². The zero-order valence-electron chi connectivity index (χ0n) is 33.1. The minimum absolute atomic E-state index is 0.121. The third-order valence-corrected chi connectivity index (χ3v) is 12.2. The van der Waals surface area contributed by atoms with Crippen LogP contribution in [0.5, 0.6) is 5.75 Å². The summed E-state index contributed by atoms with van der Waals surface area (Å²) in [6.07, 6.45) is 12.6. The molecule has 15 nitrogen and oxygen atoms in total. The van der Waals surface area contributed by atoms with E-state index < -0.39 is 29.5 Å². The number of ether oxygens (including phenoxy) is 1. The van der Waals surface area contributed by atoms with E-state index >= 15 is 8.78 Å². The second-order valence-corrected chi connectivity index (χ2v) is 16.5. The molecule has 2 unspecified atom stereocenters. The molecule has 9 rings (SSSR count). The molecule has 3 amide bonds. The highest BCUT2D eigenvalue weighted by atomic mass is 19.3. The fourth-order valence-corrected chi connectivity index (χ4v) is 9.27. The number of hydrogen-bond acceptors (Lipinski definition) is 9. The average molecular weight is 809 g/mol. The van der Waals surface area contributed by atoms with E-state index in [0.717, 1.165) is 31.4 Å². The molecule has 7 heterocycles. The quantitative estimate of drug-likeness (QED) is 0.181. The van der Waals surface area contributed by atoms with E-state index in [1.54, 1.807) is 66.7 Å². The number of piperidine rings is 2. The third kappa shape index (κ3) is 7.25. The number of rotatable bonds is 9. The molecular formula is C42H46F2N10O5. The number of nitrogens with one attached hydrogen (secondary N) is 2. The molecule has 2 saturated heterocycles. The van der Waals surface area contributed by atoms with Gasteiger partial charge in [-0.3, -0.25) is 33.7 Å². The molecule has 59 heavy (non-hydrogen) atoms. The van der Waals surface area contributed by atoms with Gasteiger partial charge in [0.25, 0.3) is 11.8 Å². The van der Waals surface area contributed by atoms with E-state index in [1.807, 2.05) is 29.3 Å². The molecule has 2 N–H and O–H groups in total. The van der Waals surface area contributed by atoms with Crippen LogP contribution < -0.4 is 21.1 Å². The number of hydrogen-bond donors (Lipinski definition) is 2. The number of imidazole rings is 2. The van der Waals surface area contributed by atoms with Gasteiger partial charge in [0, 0.05) is 56.8 Å². The van der Waals surface area contributed by atoms with Gasteiger partial charge in [-0.1, -0.05) is 6.07 Å². The normalized spacial score (nSPS) is 22.7. The Hall–Kier alpha value is -5.97. The summed E-state index contributed by atoms with van der Waals surface area (Å²) in [6.45, 7) is 4.59. The summed E-state index contributed by atoms with van der Waals surface area (Å²) in [7, 11) is 1.57. The summed E-state index contributed by atoms with van der Waals surface area (Å²) in [5.41, 5.74) is 3.95. The predicted molar refractivity (Wildman–Crippen MR) is 214 cm³/mol. The fraction of sp³-hybridized carbons (Fsp3) is 0.452. The van der Waals surface area contributed by atoms with Crippen molar-refractivity contribution in [2.45, 2.75) is 88.7 Å². The molecule has 308 valence electrons. The van der Waals surface area contributed by atoms with Gasteiger partial charge in [-0.05, 0) is 88.6 Å². The Labute approximate surface area is 337 Å². The van der Waals surface area contributed by atoms with Gasteiger partial charge in [-0.2, -0.15) is 5.10 Å². The van der Waals surface area contributed by atoms with Gasteiger partial charge in [0.15, 0.2) is 5.65 Å². The standard InChI is InChI=1S/C42H46F2N10O5/c1-24(2)59-35-18-36-47-31(22-52(36)21-28(35)39(56)48-30-19-46-53-15-4-14-45-38(30)53)26-7-5-25(6-8-26)20-51-16-13-29(42(43,44)23-51)27-9-10-32-34(17-27)50(3)41(58)54(32)33-11-12-37(55)49-40(33)57/h4,9-10,14-15,17-19,21-22,24-26,29,33H,5-8,11-13,16,20,23H2,1-3H3,(H,48,56)(H,49,55,57). The fourth-order valence-electron chi connectivity index (χ4n) is 9.27. The molecule has 1 aliphatic carbocycles. The smallest absolute Gasteiger partial charge is 0.329 e. The Bertz CT molecular complexity index is 2670. The Morgan fingerprint density at radius 1 is 1.05 bits per heavy atom. The number of imide groups is 1. The van der Waals surface area contributed by atoms with Crippen molar-refractivity contribution in [2.75, 3.05) is 25.0 Å². The third-order valence-electron chi connectivity index (χ3n) is 12.2. The van der Waals surface area contributed by atoms with Crippen molar-refractivity contribution in [2.24, 2.45) is 13.0 Å². The molecule has 5 aromatic heterocycles. The van der Waals surface area contributed by atoms with E-state index in [2.05, 4.69) is 20.7 Å². The number of carbonyl (C=O) groups excluding carboxylic acids is 3. The number of carbonyl (C=O) groups is 3. The minimum Gasteiger partial charge on any atom is -0.490 e. The summed E-state index contributed by atoms with van der Waals surface area (Å²) in [5, 5.41) is 9.48. The van der Waals surface area contributed by atoms with Crippen molar-refractivity contribution in [1.82, 2.24) is 43.3 Å². The summed E-state index contributed by atoms with van der Waals surface area (Å²) in [5.74, 6) is -4.36. The number of halogens is 2. The first-order chi connectivity index (χ1) is 28.3. The van der Waals surface area contributed by atoms with E-state index in [0.29, 0.717) is 58.0 Å². The number of fused-ring (bicyclic) bond motifs is 3. The highest BCUT2D eigenvalue weighted by Crippen LogP contribution is 2.43. The van der Waals surface area contributed by atoms with Crippen LogP contribution in [0.15, 0.2) is 66.1 Å². The maximum atomic E-state index is 16.0. The molecule has 1 aromatic carbocycles. The Morgan fingerprint density at radius 3 is 2.63 bits per heavy atom. The minimum atomic E-state index is -2.98. The molecule has 1 saturated carbocycles. The number of aryl methyl sites for hydroxylation is 1. The van der Waals surface area contributed by atoms with Crippen LogP contribution in [0.3, 0.4) is 0 Å². The van der Waals surface area contributed by atoms with E-state index in [4.69, 9.17) is 9.72 Å². The van der Waals surface area contributed by atoms with Crippen LogP contribution in [0.2, 0.25) is 0 Å². The lowest BCUT2D eigenvalue weighted by atomic mass is 9.79. The second-order valence-electron chi connectivity index (χ2n) is 16.5. The number of alkyl halides is 2. The van der Waals surface area contributed by atoms with Crippen molar-refractivity contribution in [3.05, 3.63) is 88.6 Å². The zero-order chi connectivity index (χ0) is 41.2. The van der Waals surface area contributed by atoms with Crippen LogP contribution >= 0.6 is 0 Å². The molecule has 0 spiro atoms. The second kappa shape index (κ2) is 15.0. The van der Waals surface area contributed by atoms with Gasteiger partial charge in [-0.25, -0.2) is 28.1 Å². The molecule has 2 atom stereocenters. The SMILES string of the molecule is CC(C)Oc1cc2nc(C3CCC(CN4CCC(c5ccc6c(c5)n(C)c(=O)n6C5CCC(=O)NC5=O)C(F)(F)C4)CC3)cn2cc1C(=O)Nc1cnn2cccnc12. The molecule has 0 bridgehead atoms.